The van der Waals surface area contributed by atoms with Gasteiger partial charge < -0.3 is 9.15 Å². The Morgan fingerprint density at radius 1 is 1.08 bits per heavy atom. The zero-order chi connectivity index (χ0) is 17.0. The first-order valence-corrected chi connectivity index (χ1v) is 8.64. The third kappa shape index (κ3) is 2.15. The molecule has 0 saturated heterocycles. The Balaban J connectivity index is 1.82. The van der Waals surface area contributed by atoms with E-state index in [1.165, 1.54) is 6.26 Å². The molecule has 24 heavy (non-hydrogen) atoms. The Morgan fingerprint density at radius 3 is 2.67 bits per heavy atom. The maximum Gasteiger partial charge on any atom is 0.241 e. The molecule has 5 nitrogen and oxygen atoms in total. The van der Waals surface area contributed by atoms with E-state index < -0.39 is 11.6 Å². The van der Waals surface area contributed by atoms with Crippen LogP contribution in [0.1, 0.15) is 37.6 Å². The van der Waals surface area contributed by atoms with Crippen LogP contribution in [0, 0.1) is 0 Å². The van der Waals surface area contributed by atoms with Gasteiger partial charge in [0.25, 0.3) is 0 Å². The van der Waals surface area contributed by atoms with Crippen LogP contribution in [0.3, 0.4) is 0 Å². The highest BCUT2D eigenvalue weighted by Crippen LogP contribution is 2.39. The van der Waals surface area contributed by atoms with Gasteiger partial charge in [0.05, 0.1) is 26.7 Å². The summed E-state index contributed by atoms with van der Waals surface area (Å²) in [6.07, 6.45) is 1.95. The number of ether oxygens (including phenoxy) is 1. The predicted molar refractivity (Wildman–Crippen MR) is 91.9 cm³/mol. The molecule has 0 unspecified atom stereocenters. The Morgan fingerprint density at radius 2 is 1.88 bits per heavy atom. The first-order chi connectivity index (χ1) is 11.5. The van der Waals surface area contributed by atoms with Crippen LogP contribution in [0.2, 0.25) is 0 Å². The summed E-state index contributed by atoms with van der Waals surface area (Å²) in [4.78, 5) is 37.1. The molecule has 0 N–H and O–H groups in total. The minimum absolute atomic E-state index is 0.00294. The van der Waals surface area contributed by atoms with Crippen molar-refractivity contribution >= 4 is 53.7 Å². The van der Waals surface area contributed by atoms with Crippen molar-refractivity contribution in [3.63, 3.8) is 0 Å². The smallest absolute Gasteiger partial charge is 0.241 e. The van der Waals surface area contributed by atoms with Gasteiger partial charge >= 0.3 is 0 Å². The average Bonchev–Trinajstić information content (AvgIpc) is 3.23. The molecule has 2 heterocycles. The number of rotatable bonds is 2. The number of benzene rings is 1. The van der Waals surface area contributed by atoms with Gasteiger partial charge in [0.1, 0.15) is 12.0 Å². The van der Waals surface area contributed by atoms with Gasteiger partial charge in [-0.1, -0.05) is 0 Å². The molecule has 2 aromatic rings. The molecule has 1 aliphatic heterocycles. The van der Waals surface area contributed by atoms with Gasteiger partial charge in [-0.15, -0.1) is 0 Å². The number of halogens is 2. The quantitative estimate of drug-likeness (QED) is 0.514. The number of Topliss-reactive ketones (excluding diaryl/α,β-unsaturated/α-hetero) is 2. The van der Waals surface area contributed by atoms with Gasteiger partial charge in [-0.2, -0.15) is 0 Å². The molecule has 0 fully saturated rings. The van der Waals surface area contributed by atoms with Crippen molar-refractivity contribution < 1.29 is 23.5 Å². The fourth-order valence-electron chi connectivity index (χ4n) is 2.81. The van der Waals surface area contributed by atoms with Crippen LogP contribution in [-0.4, -0.2) is 24.0 Å². The van der Waals surface area contributed by atoms with Gasteiger partial charge in [-0.05, 0) is 55.6 Å². The number of allylic oxidation sites excluding steroid dienone is 1. The first-order valence-electron chi connectivity index (χ1n) is 7.05. The van der Waals surface area contributed by atoms with Crippen molar-refractivity contribution in [2.24, 2.45) is 0 Å². The third-order valence-corrected chi connectivity index (χ3v) is 6.06. The van der Waals surface area contributed by atoms with Gasteiger partial charge in [0.2, 0.25) is 11.6 Å². The van der Waals surface area contributed by atoms with Crippen molar-refractivity contribution in [3.05, 3.63) is 57.0 Å². The molecule has 0 radical (unpaired) electrons. The van der Waals surface area contributed by atoms with Gasteiger partial charge in [0, 0.05) is 12.0 Å². The van der Waals surface area contributed by atoms with E-state index in [1.807, 2.05) is 0 Å². The molecule has 1 aromatic carbocycles. The zero-order valence-corrected chi connectivity index (χ0v) is 15.2. The summed E-state index contributed by atoms with van der Waals surface area (Å²) in [5.41, 5.74) is 1.45. The Hall–Kier alpha value is -1.99. The van der Waals surface area contributed by atoms with E-state index >= 15 is 0 Å². The summed E-state index contributed by atoms with van der Waals surface area (Å²) in [6, 6.07) is 5.13. The lowest BCUT2D eigenvalue weighted by atomic mass is 9.93. The fourth-order valence-corrected chi connectivity index (χ4v) is 3.64. The fraction of sp³-hybridized carbons (Fsp3) is 0.118. The highest BCUT2D eigenvalue weighted by Gasteiger charge is 2.37. The molecule has 4 rings (SSSR count). The van der Waals surface area contributed by atoms with E-state index in [-0.39, 0.29) is 27.2 Å². The average molecular weight is 452 g/mol. The van der Waals surface area contributed by atoms with Crippen molar-refractivity contribution in [2.75, 3.05) is 6.61 Å². The molecular formula is C17H8Br2O5. The lowest BCUT2D eigenvalue weighted by molar-refractivity contribution is -0.111. The van der Waals surface area contributed by atoms with Crippen LogP contribution in [0.25, 0.3) is 4.48 Å². The summed E-state index contributed by atoms with van der Waals surface area (Å²) in [7, 11) is 0. The molecule has 7 heteroatoms. The van der Waals surface area contributed by atoms with E-state index in [0.29, 0.717) is 16.7 Å². The topological polar surface area (TPSA) is 73.6 Å². The summed E-state index contributed by atoms with van der Waals surface area (Å²) in [6.45, 7) is 0.590. The maximum atomic E-state index is 12.8. The molecule has 0 bridgehead atoms. The number of hydrogen-bond donors (Lipinski definition) is 0. The van der Waals surface area contributed by atoms with Crippen molar-refractivity contribution in [3.8, 4) is 5.75 Å². The Labute approximate surface area is 152 Å². The normalized spacial score (nSPS) is 16.1. The second kappa shape index (κ2) is 5.53. The Kier molecular flexibility index (Phi) is 3.58. The Bertz CT molecular complexity index is 967. The lowest BCUT2D eigenvalue weighted by Gasteiger charge is -2.10. The maximum absolute atomic E-state index is 12.8. The van der Waals surface area contributed by atoms with Crippen molar-refractivity contribution in [2.45, 2.75) is 6.42 Å². The largest absolute Gasteiger partial charge is 0.493 e. The highest BCUT2D eigenvalue weighted by molar-refractivity contribution is 9.16. The van der Waals surface area contributed by atoms with Crippen molar-refractivity contribution in [1.82, 2.24) is 0 Å². The number of ketones is 3. The van der Waals surface area contributed by atoms with E-state index in [4.69, 9.17) is 9.15 Å². The summed E-state index contributed by atoms with van der Waals surface area (Å²) in [5.74, 6) is -0.899. The molecule has 1 aliphatic carbocycles. The lowest BCUT2D eigenvalue weighted by Crippen LogP contribution is -2.22. The minimum Gasteiger partial charge on any atom is -0.493 e. The number of furan rings is 1. The zero-order valence-electron chi connectivity index (χ0n) is 12.0. The van der Waals surface area contributed by atoms with E-state index in [2.05, 4.69) is 31.9 Å². The number of fused-ring (bicyclic) bond motifs is 2. The van der Waals surface area contributed by atoms with Gasteiger partial charge in [-0.3, -0.25) is 14.4 Å². The molecule has 0 amide bonds. The van der Waals surface area contributed by atoms with Crippen LogP contribution in [0.15, 0.2) is 33.4 Å². The molecule has 1 aromatic heterocycles. The number of carbonyl (C=O) groups excluding carboxylic acids is 3. The summed E-state index contributed by atoms with van der Waals surface area (Å²) in [5, 5.41) is 0. The molecular weight excluding hydrogens is 444 g/mol. The van der Waals surface area contributed by atoms with Crippen LogP contribution in [0.4, 0.5) is 0 Å². The van der Waals surface area contributed by atoms with E-state index in [0.717, 1.165) is 17.7 Å². The van der Waals surface area contributed by atoms with Crippen LogP contribution in [0.5, 0.6) is 5.75 Å². The second-order valence-corrected chi connectivity index (χ2v) is 6.98. The van der Waals surface area contributed by atoms with Crippen LogP contribution in [-0.2, 0) is 11.2 Å². The first kappa shape index (κ1) is 15.5. The van der Waals surface area contributed by atoms with Crippen LogP contribution < -0.4 is 4.74 Å². The monoisotopic (exact) mass is 450 g/mol. The molecule has 0 atom stereocenters. The highest BCUT2D eigenvalue weighted by atomic mass is 79.9. The van der Waals surface area contributed by atoms with Crippen LogP contribution >= 0.6 is 31.9 Å². The van der Waals surface area contributed by atoms with E-state index in [1.54, 1.807) is 18.2 Å². The third-order valence-electron chi connectivity index (χ3n) is 4.01. The minimum atomic E-state index is -0.762. The molecule has 0 saturated carbocycles. The second-order valence-electron chi connectivity index (χ2n) is 5.39. The number of hydrogen-bond acceptors (Lipinski definition) is 5. The van der Waals surface area contributed by atoms with Gasteiger partial charge in [0.15, 0.2) is 11.5 Å². The molecule has 0 spiro atoms. The van der Waals surface area contributed by atoms with E-state index in [9.17, 15) is 14.4 Å². The molecule has 120 valence electrons. The summed E-state index contributed by atoms with van der Waals surface area (Å²) >= 11 is 6.28. The molecule has 2 aliphatic rings. The van der Waals surface area contributed by atoms with Gasteiger partial charge in [-0.25, -0.2) is 0 Å². The summed E-state index contributed by atoms with van der Waals surface area (Å²) < 4.78 is 11.2. The van der Waals surface area contributed by atoms with Crippen molar-refractivity contribution in [1.29, 1.82) is 0 Å². The predicted octanol–water partition coefficient (Wildman–Crippen LogP) is 3.67. The number of carbonyl (C=O) groups is 3. The SMILES string of the molecule is O=C1C(=O)c2c(C(=O)c3ccc4c(c3)CCO4)coc2C(Br)=C1Br. The standard InChI is InChI=1S/C17H8Br2O5/c18-12-13(19)17-11(15(21)16(12)22)9(6-24-17)14(20)8-1-2-10-7(5-8)3-4-23-10/h1-2,5-6H,3-4H2.